The predicted octanol–water partition coefficient (Wildman–Crippen LogP) is 1.25. The van der Waals surface area contributed by atoms with Crippen molar-refractivity contribution in [3.05, 3.63) is 29.8 Å². The van der Waals surface area contributed by atoms with E-state index in [1.54, 1.807) is 14.0 Å². The van der Waals surface area contributed by atoms with E-state index < -0.39 is 5.95 Å². The van der Waals surface area contributed by atoms with Crippen LogP contribution >= 0.6 is 0 Å². The van der Waals surface area contributed by atoms with Crippen molar-refractivity contribution in [3.8, 4) is 0 Å². The normalized spacial score (nSPS) is 9.94. The summed E-state index contributed by atoms with van der Waals surface area (Å²) in [5, 5.41) is 0. The Kier molecular flexibility index (Phi) is 5.23. The van der Waals surface area contributed by atoms with Gasteiger partial charge in [0.15, 0.2) is 0 Å². The molecule has 0 unspecified atom stereocenters. The van der Waals surface area contributed by atoms with Crippen molar-refractivity contribution in [2.24, 2.45) is 0 Å². The van der Waals surface area contributed by atoms with Crippen molar-refractivity contribution in [1.29, 1.82) is 0 Å². The number of hydrogen-bond acceptors (Lipinski definition) is 4. The van der Waals surface area contributed by atoms with E-state index >= 15 is 0 Å². The summed E-state index contributed by atoms with van der Waals surface area (Å²) in [4.78, 5) is 27.7. The van der Waals surface area contributed by atoms with Crippen LogP contribution in [0.25, 0.3) is 0 Å². The van der Waals surface area contributed by atoms with E-state index in [9.17, 15) is 14.0 Å². The lowest BCUT2D eigenvalue weighted by molar-refractivity contribution is -0.143. The Balaban J connectivity index is 2.54. The molecule has 0 spiro atoms. The number of esters is 1. The molecule has 0 aliphatic rings. The van der Waals surface area contributed by atoms with Gasteiger partial charge in [-0.15, -0.1) is 0 Å². The fourth-order valence-corrected chi connectivity index (χ4v) is 1.35. The third kappa shape index (κ3) is 4.12. The molecule has 0 saturated heterocycles. The van der Waals surface area contributed by atoms with Crippen molar-refractivity contribution in [3.63, 3.8) is 0 Å². The Morgan fingerprint density at radius 3 is 2.83 bits per heavy atom. The summed E-state index contributed by atoms with van der Waals surface area (Å²) in [6.45, 7) is 2.25. The van der Waals surface area contributed by atoms with Crippen LogP contribution in [0, 0.1) is 5.95 Å². The molecule has 0 fully saturated rings. The second-order valence-corrected chi connectivity index (χ2v) is 3.65. The second kappa shape index (κ2) is 6.68. The third-order valence-electron chi connectivity index (χ3n) is 2.28. The van der Waals surface area contributed by atoms with Crippen LogP contribution in [-0.4, -0.2) is 42.0 Å². The summed E-state index contributed by atoms with van der Waals surface area (Å²) in [5.41, 5.74) is 0.203. The van der Waals surface area contributed by atoms with Gasteiger partial charge >= 0.3 is 5.97 Å². The number of carbonyl (C=O) groups is 2. The van der Waals surface area contributed by atoms with Crippen LogP contribution in [0.1, 0.15) is 23.7 Å². The zero-order chi connectivity index (χ0) is 13.5. The highest BCUT2D eigenvalue weighted by atomic mass is 19.1. The van der Waals surface area contributed by atoms with Crippen molar-refractivity contribution < 1.29 is 18.7 Å². The minimum absolute atomic E-state index is 0.115. The highest BCUT2D eigenvalue weighted by Gasteiger charge is 2.14. The molecule has 6 heteroatoms. The summed E-state index contributed by atoms with van der Waals surface area (Å²) in [6.07, 6.45) is 1.34. The zero-order valence-corrected chi connectivity index (χ0v) is 10.4. The first-order valence-electron chi connectivity index (χ1n) is 5.57. The maximum Gasteiger partial charge on any atom is 0.307 e. The molecule has 18 heavy (non-hydrogen) atoms. The number of pyridine rings is 1. The zero-order valence-electron chi connectivity index (χ0n) is 10.4. The number of rotatable bonds is 5. The summed E-state index contributed by atoms with van der Waals surface area (Å²) in [5.74, 6) is -1.43. The molecular formula is C12H15FN2O3. The molecule has 0 atom stereocenters. The number of ether oxygens (including phenoxy) is 1. The van der Waals surface area contributed by atoms with Crippen LogP contribution < -0.4 is 0 Å². The Morgan fingerprint density at radius 1 is 1.50 bits per heavy atom. The maximum atomic E-state index is 12.8. The van der Waals surface area contributed by atoms with Gasteiger partial charge < -0.3 is 9.64 Å². The molecule has 0 aliphatic carbocycles. The first-order chi connectivity index (χ1) is 8.54. The molecule has 1 rings (SSSR count). The van der Waals surface area contributed by atoms with E-state index in [1.807, 2.05) is 0 Å². The Bertz CT molecular complexity index is 437. The van der Waals surface area contributed by atoms with E-state index in [4.69, 9.17) is 4.74 Å². The van der Waals surface area contributed by atoms with E-state index in [0.29, 0.717) is 6.61 Å². The molecule has 0 saturated carbocycles. The molecule has 0 N–H and O–H groups in total. The van der Waals surface area contributed by atoms with Crippen LogP contribution in [0.15, 0.2) is 18.3 Å². The second-order valence-electron chi connectivity index (χ2n) is 3.65. The van der Waals surface area contributed by atoms with Gasteiger partial charge in [0.2, 0.25) is 5.95 Å². The highest BCUT2D eigenvalue weighted by Crippen LogP contribution is 2.05. The number of nitrogens with zero attached hydrogens (tertiary/aromatic N) is 2. The summed E-state index contributed by atoms with van der Waals surface area (Å²) in [7, 11) is 1.54. The molecule has 0 aromatic carbocycles. The number of aromatic nitrogens is 1. The molecular weight excluding hydrogens is 239 g/mol. The van der Waals surface area contributed by atoms with Crippen molar-refractivity contribution in [2.75, 3.05) is 20.2 Å². The van der Waals surface area contributed by atoms with E-state index in [0.717, 1.165) is 6.07 Å². The maximum absolute atomic E-state index is 12.8. The summed E-state index contributed by atoms with van der Waals surface area (Å²) in [6, 6.07) is 2.48. The first-order valence-corrected chi connectivity index (χ1v) is 5.57. The number of carbonyl (C=O) groups excluding carboxylic acids is 2. The van der Waals surface area contributed by atoms with Crippen molar-refractivity contribution >= 4 is 11.9 Å². The largest absolute Gasteiger partial charge is 0.466 e. The number of hydrogen-bond donors (Lipinski definition) is 0. The van der Waals surface area contributed by atoms with E-state index in [1.165, 1.54) is 17.2 Å². The van der Waals surface area contributed by atoms with Crippen LogP contribution in [0.2, 0.25) is 0 Å². The summed E-state index contributed by atoms with van der Waals surface area (Å²) >= 11 is 0. The molecule has 0 bridgehead atoms. The number of halogens is 1. The molecule has 1 aromatic heterocycles. The molecule has 1 heterocycles. The monoisotopic (exact) mass is 254 g/mol. The fraction of sp³-hybridized carbons (Fsp3) is 0.417. The van der Waals surface area contributed by atoms with Gasteiger partial charge in [0.05, 0.1) is 13.0 Å². The van der Waals surface area contributed by atoms with Gasteiger partial charge in [0.1, 0.15) is 0 Å². The van der Waals surface area contributed by atoms with Gasteiger partial charge in [-0.2, -0.15) is 4.39 Å². The van der Waals surface area contributed by atoms with Gasteiger partial charge in [-0.3, -0.25) is 9.59 Å². The van der Waals surface area contributed by atoms with E-state index in [2.05, 4.69) is 4.98 Å². The van der Waals surface area contributed by atoms with Crippen LogP contribution in [0.4, 0.5) is 4.39 Å². The number of amides is 1. The average molecular weight is 254 g/mol. The Labute approximate surface area is 105 Å². The van der Waals surface area contributed by atoms with Gasteiger partial charge in [-0.25, -0.2) is 4.98 Å². The predicted molar refractivity (Wildman–Crippen MR) is 62.4 cm³/mol. The lowest BCUT2D eigenvalue weighted by atomic mass is 10.2. The molecule has 5 nitrogen and oxygen atoms in total. The molecule has 1 amide bonds. The fourth-order valence-electron chi connectivity index (χ4n) is 1.35. The smallest absolute Gasteiger partial charge is 0.307 e. The summed E-state index contributed by atoms with van der Waals surface area (Å²) < 4.78 is 17.6. The Hall–Kier alpha value is -1.98. The van der Waals surface area contributed by atoms with Crippen LogP contribution in [-0.2, 0) is 9.53 Å². The van der Waals surface area contributed by atoms with Gasteiger partial charge in [-0.05, 0) is 13.0 Å². The van der Waals surface area contributed by atoms with Gasteiger partial charge in [0, 0.05) is 31.4 Å². The van der Waals surface area contributed by atoms with Gasteiger partial charge in [0.25, 0.3) is 5.91 Å². The van der Waals surface area contributed by atoms with Gasteiger partial charge in [-0.1, -0.05) is 0 Å². The highest BCUT2D eigenvalue weighted by molar-refractivity contribution is 5.94. The minimum atomic E-state index is -0.709. The van der Waals surface area contributed by atoms with E-state index in [-0.39, 0.29) is 30.4 Å². The molecule has 0 radical (unpaired) electrons. The quantitative estimate of drug-likeness (QED) is 0.586. The SMILES string of the molecule is CCOC(=O)CCN(C)C(=O)c1ccnc(F)c1. The lowest BCUT2D eigenvalue weighted by Crippen LogP contribution is -2.29. The first kappa shape index (κ1) is 14.1. The molecule has 0 aliphatic heterocycles. The third-order valence-corrected chi connectivity index (χ3v) is 2.28. The Morgan fingerprint density at radius 2 is 2.22 bits per heavy atom. The average Bonchev–Trinajstić information content (AvgIpc) is 2.35. The molecule has 98 valence electrons. The van der Waals surface area contributed by atoms with Crippen LogP contribution in [0.5, 0.6) is 0 Å². The standard InChI is InChI=1S/C12H15FN2O3/c1-3-18-11(16)5-7-15(2)12(17)9-4-6-14-10(13)8-9/h4,6,8H,3,5,7H2,1-2H3. The van der Waals surface area contributed by atoms with Crippen molar-refractivity contribution in [1.82, 2.24) is 9.88 Å². The minimum Gasteiger partial charge on any atom is -0.466 e. The topological polar surface area (TPSA) is 59.5 Å². The van der Waals surface area contributed by atoms with Crippen LogP contribution in [0.3, 0.4) is 0 Å². The molecule has 1 aromatic rings. The van der Waals surface area contributed by atoms with Crippen molar-refractivity contribution in [2.45, 2.75) is 13.3 Å². The lowest BCUT2D eigenvalue weighted by Gasteiger charge is -2.16.